The van der Waals surface area contributed by atoms with Gasteiger partial charge in [0.2, 0.25) is 11.8 Å². The largest absolute Gasteiger partial charge is 0.474 e. The molecule has 2 atom stereocenters. The van der Waals surface area contributed by atoms with Crippen LogP contribution < -0.4 is 9.47 Å². The lowest BCUT2D eigenvalue weighted by molar-refractivity contribution is -0.0365. The van der Waals surface area contributed by atoms with Gasteiger partial charge in [-0.1, -0.05) is 6.07 Å². The molecule has 6 rings (SSSR count). The summed E-state index contributed by atoms with van der Waals surface area (Å²) in [4.78, 5) is 32.7. The van der Waals surface area contributed by atoms with E-state index in [0.717, 1.165) is 48.6 Å². The fourth-order valence-corrected chi connectivity index (χ4v) is 5.63. The Hall–Kier alpha value is -4.32. The zero-order valence-electron chi connectivity index (χ0n) is 26.6. The van der Waals surface area contributed by atoms with Crippen LogP contribution in [0.15, 0.2) is 43.0 Å². The van der Waals surface area contributed by atoms with Gasteiger partial charge in [0.15, 0.2) is 6.23 Å². The minimum absolute atomic E-state index is 0.0144. The van der Waals surface area contributed by atoms with Crippen LogP contribution in [0.5, 0.6) is 11.8 Å². The van der Waals surface area contributed by atoms with Crippen molar-refractivity contribution in [2.45, 2.75) is 90.8 Å². The van der Waals surface area contributed by atoms with Crippen LogP contribution in [0.3, 0.4) is 0 Å². The van der Waals surface area contributed by atoms with Crippen LogP contribution in [-0.4, -0.2) is 78.2 Å². The second-order valence-corrected chi connectivity index (χ2v) is 12.8. The molecular formula is C33H41N7O5. The van der Waals surface area contributed by atoms with E-state index in [0.29, 0.717) is 48.5 Å². The molecule has 2 saturated heterocycles. The van der Waals surface area contributed by atoms with Crippen molar-refractivity contribution in [1.82, 2.24) is 34.6 Å². The number of hydrogen-bond acceptors (Lipinski definition) is 10. The van der Waals surface area contributed by atoms with Gasteiger partial charge in [-0.25, -0.2) is 19.4 Å². The minimum atomic E-state index is -0.559. The first kappa shape index (κ1) is 30.7. The highest BCUT2D eigenvalue weighted by Crippen LogP contribution is 2.35. The molecule has 0 aliphatic carbocycles. The monoisotopic (exact) mass is 615 g/mol. The van der Waals surface area contributed by atoms with E-state index in [1.165, 1.54) is 0 Å². The van der Waals surface area contributed by atoms with Gasteiger partial charge in [-0.15, -0.1) is 0 Å². The van der Waals surface area contributed by atoms with Gasteiger partial charge in [0.1, 0.15) is 23.1 Å². The molecule has 2 aliphatic rings. The second-order valence-electron chi connectivity index (χ2n) is 12.8. The Morgan fingerprint density at radius 1 is 0.978 bits per heavy atom. The normalized spacial score (nSPS) is 19.1. The van der Waals surface area contributed by atoms with Crippen molar-refractivity contribution < 1.29 is 23.7 Å². The van der Waals surface area contributed by atoms with Crippen LogP contribution in [0.4, 0.5) is 4.79 Å². The zero-order chi connectivity index (χ0) is 31.6. The summed E-state index contributed by atoms with van der Waals surface area (Å²) >= 11 is 0. The number of piperidine rings is 1. The maximum absolute atomic E-state index is 12.7. The second kappa shape index (κ2) is 13.0. The molecule has 2 aliphatic heterocycles. The van der Waals surface area contributed by atoms with E-state index < -0.39 is 5.60 Å². The Morgan fingerprint density at radius 3 is 2.51 bits per heavy atom. The van der Waals surface area contributed by atoms with Crippen LogP contribution in [-0.2, 0) is 9.47 Å². The molecule has 1 amide bonds. The average molecular weight is 616 g/mol. The SMILES string of the molecule is CC(C)Oc1cncc(-c2ccc3c(c2)c(-c2cncc(O[C@@H]4CCCN(C(=O)OC(C)(C)C)C4)n2)nn3C2CCCCO2)n1. The van der Waals surface area contributed by atoms with Gasteiger partial charge in [0.05, 0.1) is 48.6 Å². The predicted octanol–water partition coefficient (Wildman–Crippen LogP) is 6.21. The van der Waals surface area contributed by atoms with Gasteiger partial charge in [-0.3, -0.25) is 9.97 Å². The van der Waals surface area contributed by atoms with Gasteiger partial charge in [-0.05, 0) is 78.9 Å². The number of carbonyl (C=O) groups is 1. The molecule has 0 spiro atoms. The zero-order valence-corrected chi connectivity index (χ0v) is 26.6. The molecule has 0 N–H and O–H groups in total. The topological polar surface area (TPSA) is 127 Å². The van der Waals surface area contributed by atoms with Gasteiger partial charge in [0, 0.05) is 24.1 Å². The molecule has 3 aromatic heterocycles. The molecule has 5 heterocycles. The van der Waals surface area contributed by atoms with E-state index in [9.17, 15) is 4.79 Å². The highest BCUT2D eigenvalue weighted by atomic mass is 16.6. The van der Waals surface area contributed by atoms with E-state index in [1.807, 2.05) is 51.4 Å². The number of rotatable bonds is 7. The minimum Gasteiger partial charge on any atom is -0.474 e. The molecule has 45 heavy (non-hydrogen) atoms. The smallest absolute Gasteiger partial charge is 0.410 e. The predicted molar refractivity (Wildman–Crippen MR) is 168 cm³/mol. The Kier molecular flexibility index (Phi) is 8.84. The fourth-order valence-electron chi connectivity index (χ4n) is 5.63. The number of fused-ring (bicyclic) bond motifs is 1. The summed E-state index contributed by atoms with van der Waals surface area (Å²) in [7, 11) is 0. The quantitative estimate of drug-likeness (QED) is 0.237. The molecule has 2 fully saturated rings. The molecule has 12 nitrogen and oxygen atoms in total. The first-order valence-electron chi connectivity index (χ1n) is 15.7. The standard InChI is InChI=1S/C33H41N7O5/c1-21(2)43-28-18-34-16-25(36-28)22-11-12-27-24(15-22)31(38-40(27)30-10-6-7-14-42-30)26-17-35-19-29(37-26)44-23-9-8-13-39(20-23)32(41)45-33(3,4)5/h11-12,15-19,21,23,30H,6-10,13-14,20H2,1-5H3/t23-,30?/m1/s1. The lowest BCUT2D eigenvalue weighted by Gasteiger charge is -2.33. The van der Waals surface area contributed by atoms with Crippen molar-refractivity contribution in [2.75, 3.05) is 19.7 Å². The highest BCUT2D eigenvalue weighted by Gasteiger charge is 2.29. The Labute approximate surface area is 263 Å². The highest BCUT2D eigenvalue weighted by molar-refractivity contribution is 5.95. The van der Waals surface area contributed by atoms with E-state index in [2.05, 4.69) is 21.0 Å². The van der Waals surface area contributed by atoms with E-state index in [4.69, 9.17) is 29.0 Å². The van der Waals surface area contributed by atoms with Crippen LogP contribution in [0.25, 0.3) is 33.5 Å². The average Bonchev–Trinajstić information content (AvgIpc) is 3.40. The molecule has 238 valence electrons. The van der Waals surface area contributed by atoms with Gasteiger partial charge < -0.3 is 23.8 Å². The van der Waals surface area contributed by atoms with Gasteiger partial charge in [-0.2, -0.15) is 5.10 Å². The third-order valence-electron chi connectivity index (χ3n) is 7.57. The number of likely N-dealkylation sites (tertiary alicyclic amines) is 1. The molecule has 0 bridgehead atoms. The lowest BCUT2D eigenvalue weighted by atomic mass is 10.1. The van der Waals surface area contributed by atoms with E-state index >= 15 is 0 Å². The number of amides is 1. The molecule has 1 unspecified atom stereocenters. The summed E-state index contributed by atoms with van der Waals surface area (Å²) in [6, 6.07) is 6.11. The van der Waals surface area contributed by atoms with E-state index in [1.54, 1.807) is 29.7 Å². The summed E-state index contributed by atoms with van der Waals surface area (Å²) in [5.74, 6) is 0.846. The third-order valence-corrected chi connectivity index (χ3v) is 7.57. The Bertz CT molecular complexity index is 1640. The number of carbonyl (C=O) groups excluding carboxylic acids is 1. The van der Waals surface area contributed by atoms with Crippen molar-refractivity contribution in [3.63, 3.8) is 0 Å². The Morgan fingerprint density at radius 2 is 1.76 bits per heavy atom. The van der Waals surface area contributed by atoms with Crippen molar-refractivity contribution >= 4 is 17.0 Å². The third kappa shape index (κ3) is 7.33. The first-order chi connectivity index (χ1) is 21.6. The number of aromatic nitrogens is 6. The number of ether oxygens (including phenoxy) is 4. The summed E-state index contributed by atoms with van der Waals surface area (Å²) in [5.41, 5.74) is 3.18. The molecule has 0 radical (unpaired) electrons. The van der Waals surface area contributed by atoms with Crippen molar-refractivity contribution in [3.8, 4) is 34.4 Å². The fraction of sp³-hybridized carbons (Fsp3) is 0.515. The van der Waals surface area contributed by atoms with Crippen molar-refractivity contribution in [2.24, 2.45) is 0 Å². The molecular weight excluding hydrogens is 574 g/mol. The molecule has 0 saturated carbocycles. The molecule has 4 aromatic rings. The summed E-state index contributed by atoms with van der Waals surface area (Å²) < 4.78 is 25.7. The summed E-state index contributed by atoms with van der Waals surface area (Å²) in [6.45, 7) is 11.3. The molecule has 12 heteroatoms. The van der Waals surface area contributed by atoms with Crippen LogP contribution in [0, 0.1) is 0 Å². The summed E-state index contributed by atoms with van der Waals surface area (Å²) in [5, 5.41) is 5.92. The van der Waals surface area contributed by atoms with Crippen LogP contribution in [0.1, 0.15) is 73.0 Å². The van der Waals surface area contributed by atoms with Crippen molar-refractivity contribution in [3.05, 3.63) is 43.0 Å². The van der Waals surface area contributed by atoms with Crippen LogP contribution >= 0.6 is 0 Å². The lowest BCUT2D eigenvalue weighted by Crippen LogP contribution is -2.46. The summed E-state index contributed by atoms with van der Waals surface area (Å²) in [6.07, 6.45) is 10.5. The number of nitrogens with zero attached hydrogens (tertiary/aromatic N) is 7. The van der Waals surface area contributed by atoms with E-state index in [-0.39, 0.29) is 24.5 Å². The van der Waals surface area contributed by atoms with Crippen LogP contribution in [0.2, 0.25) is 0 Å². The number of hydrogen-bond donors (Lipinski definition) is 0. The Balaban J connectivity index is 1.31. The first-order valence-corrected chi connectivity index (χ1v) is 15.7. The van der Waals surface area contributed by atoms with Gasteiger partial charge >= 0.3 is 6.09 Å². The molecule has 1 aromatic carbocycles. The maximum atomic E-state index is 12.7. The number of benzene rings is 1. The van der Waals surface area contributed by atoms with Gasteiger partial charge in [0.25, 0.3) is 0 Å². The maximum Gasteiger partial charge on any atom is 0.410 e. The van der Waals surface area contributed by atoms with Crippen molar-refractivity contribution in [1.29, 1.82) is 0 Å².